The minimum Gasteiger partial charge on any atom is -0.455 e. The Morgan fingerprint density at radius 1 is 0.271 bits per heavy atom. The van der Waals surface area contributed by atoms with Crippen LogP contribution in [0.3, 0.4) is 0 Å². The van der Waals surface area contributed by atoms with Crippen LogP contribution in [0.4, 0.5) is 0 Å². The van der Waals surface area contributed by atoms with Gasteiger partial charge in [-0.05, 0) is 84.9 Å². The van der Waals surface area contributed by atoms with E-state index in [9.17, 15) is 0 Å². The third kappa shape index (κ3) is 4.03. The Hall–Kier alpha value is -8.02. The van der Waals surface area contributed by atoms with E-state index < -0.39 is 0 Å². The van der Waals surface area contributed by atoms with Crippen molar-refractivity contribution in [2.75, 3.05) is 0 Å². The zero-order chi connectivity index (χ0) is 38.3. The minimum atomic E-state index is 0.889. The van der Waals surface area contributed by atoms with Crippen LogP contribution in [0.25, 0.3) is 126 Å². The molecule has 5 aromatic heterocycles. The molecule has 0 aliphatic carbocycles. The van der Waals surface area contributed by atoms with Gasteiger partial charge in [-0.2, -0.15) is 0 Å². The summed E-state index contributed by atoms with van der Waals surface area (Å²) >= 11 is 0. The van der Waals surface area contributed by atoms with E-state index in [1.807, 2.05) is 12.1 Å². The molecule has 0 N–H and O–H groups in total. The van der Waals surface area contributed by atoms with Gasteiger partial charge in [-0.25, -0.2) is 0 Å². The van der Waals surface area contributed by atoms with E-state index in [-0.39, 0.29) is 0 Å². The molecule has 5 heterocycles. The Kier molecular flexibility index (Phi) is 5.96. The molecule has 5 nitrogen and oxygen atoms in total. The predicted octanol–water partition coefficient (Wildman–Crippen LogP) is 14.8. The molecule has 274 valence electrons. The quantitative estimate of drug-likeness (QED) is 0.180. The molecule has 5 heteroatoms. The zero-order valence-electron chi connectivity index (χ0n) is 31.6. The first-order valence-electron chi connectivity index (χ1n) is 20.1. The van der Waals surface area contributed by atoms with Crippen molar-refractivity contribution in [2.45, 2.75) is 0 Å². The molecular weight excluding hydrogens is 723 g/mol. The smallest absolute Gasteiger partial charge is 0.159 e. The molecule has 0 atom stereocenters. The lowest BCUT2D eigenvalue weighted by molar-refractivity contribution is 0.666. The fraction of sp³-hybridized carbons (Fsp3) is 0. The van der Waals surface area contributed by atoms with Crippen molar-refractivity contribution < 1.29 is 8.83 Å². The third-order valence-electron chi connectivity index (χ3n) is 12.6. The summed E-state index contributed by atoms with van der Waals surface area (Å²) in [5.74, 6) is 0. The Morgan fingerprint density at radius 2 is 0.780 bits per heavy atom. The van der Waals surface area contributed by atoms with Gasteiger partial charge >= 0.3 is 0 Å². The number of fused-ring (bicyclic) bond motifs is 17. The number of nitrogens with zero attached hydrogens (tertiary/aromatic N) is 3. The Morgan fingerprint density at radius 3 is 1.47 bits per heavy atom. The molecule has 0 unspecified atom stereocenters. The van der Waals surface area contributed by atoms with Crippen LogP contribution in [-0.2, 0) is 0 Å². The molecule has 0 aliphatic rings. The van der Waals surface area contributed by atoms with Crippen LogP contribution in [0.5, 0.6) is 0 Å². The normalized spacial score (nSPS) is 12.4. The molecule has 0 radical (unpaired) electrons. The average molecular weight is 754 g/mol. The summed E-state index contributed by atoms with van der Waals surface area (Å²) in [6, 6.07) is 67.3. The van der Waals surface area contributed by atoms with E-state index in [0.717, 1.165) is 110 Å². The van der Waals surface area contributed by atoms with Gasteiger partial charge in [0.2, 0.25) is 0 Å². The molecular formula is C54H31N3O2. The lowest BCUT2D eigenvalue weighted by Gasteiger charge is -2.10. The van der Waals surface area contributed by atoms with Gasteiger partial charge in [0, 0.05) is 54.5 Å². The second-order valence-corrected chi connectivity index (χ2v) is 15.6. The fourth-order valence-corrected chi connectivity index (χ4v) is 10.2. The second-order valence-electron chi connectivity index (χ2n) is 15.6. The van der Waals surface area contributed by atoms with Crippen LogP contribution < -0.4 is 0 Å². The van der Waals surface area contributed by atoms with E-state index in [0.29, 0.717) is 0 Å². The monoisotopic (exact) mass is 753 g/mol. The number of hydrogen-bond donors (Lipinski definition) is 0. The number of para-hydroxylation sites is 6. The molecule has 14 rings (SSSR count). The van der Waals surface area contributed by atoms with Gasteiger partial charge in [0.05, 0.1) is 49.6 Å². The first kappa shape index (κ1) is 31.1. The molecule has 0 fully saturated rings. The lowest BCUT2D eigenvalue weighted by atomic mass is 10.1. The van der Waals surface area contributed by atoms with E-state index in [1.54, 1.807) is 0 Å². The summed E-state index contributed by atoms with van der Waals surface area (Å²) in [6.45, 7) is 0. The van der Waals surface area contributed by atoms with Crippen LogP contribution in [0.1, 0.15) is 0 Å². The number of furan rings is 2. The van der Waals surface area contributed by atoms with Crippen molar-refractivity contribution in [3.8, 4) is 17.1 Å². The fourth-order valence-electron chi connectivity index (χ4n) is 10.2. The van der Waals surface area contributed by atoms with Gasteiger partial charge in [0.1, 0.15) is 16.7 Å². The summed E-state index contributed by atoms with van der Waals surface area (Å²) in [5, 5.41) is 11.4. The maximum absolute atomic E-state index is 7.19. The maximum atomic E-state index is 7.19. The van der Waals surface area contributed by atoms with Gasteiger partial charge in [-0.3, -0.25) is 0 Å². The summed E-state index contributed by atoms with van der Waals surface area (Å²) < 4.78 is 20.9. The minimum absolute atomic E-state index is 0.889. The molecule has 0 amide bonds. The van der Waals surface area contributed by atoms with E-state index >= 15 is 0 Å². The number of aromatic nitrogens is 3. The topological polar surface area (TPSA) is 41.1 Å². The highest BCUT2D eigenvalue weighted by molar-refractivity contribution is 6.29. The highest BCUT2D eigenvalue weighted by Gasteiger charge is 2.24. The van der Waals surface area contributed by atoms with Gasteiger partial charge in [0.25, 0.3) is 0 Å². The van der Waals surface area contributed by atoms with Crippen molar-refractivity contribution in [1.82, 2.24) is 13.7 Å². The summed E-state index contributed by atoms with van der Waals surface area (Å²) in [7, 11) is 0. The van der Waals surface area contributed by atoms with Crippen molar-refractivity contribution in [3.05, 3.63) is 188 Å². The zero-order valence-corrected chi connectivity index (χ0v) is 31.6. The van der Waals surface area contributed by atoms with Crippen LogP contribution >= 0.6 is 0 Å². The highest BCUT2D eigenvalue weighted by Crippen LogP contribution is 2.45. The van der Waals surface area contributed by atoms with Crippen LogP contribution in [0.15, 0.2) is 197 Å². The molecule has 0 spiro atoms. The van der Waals surface area contributed by atoms with E-state index in [4.69, 9.17) is 8.83 Å². The second kappa shape index (κ2) is 11.3. The summed E-state index contributed by atoms with van der Waals surface area (Å²) in [5.41, 5.74) is 13.7. The van der Waals surface area contributed by atoms with Gasteiger partial charge < -0.3 is 22.5 Å². The molecule has 0 saturated heterocycles. The number of hydrogen-bond acceptors (Lipinski definition) is 2. The summed E-state index contributed by atoms with van der Waals surface area (Å²) in [4.78, 5) is 0. The van der Waals surface area contributed by atoms with Crippen LogP contribution in [0.2, 0.25) is 0 Å². The number of rotatable bonds is 3. The van der Waals surface area contributed by atoms with Gasteiger partial charge in [-0.1, -0.05) is 103 Å². The van der Waals surface area contributed by atoms with E-state index in [1.165, 1.54) is 16.2 Å². The molecule has 59 heavy (non-hydrogen) atoms. The number of benzene rings is 9. The Balaban J connectivity index is 1.03. The average Bonchev–Trinajstić information content (AvgIpc) is 4.10. The summed E-state index contributed by atoms with van der Waals surface area (Å²) in [6.07, 6.45) is 0. The molecule has 0 saturated carbocycles. The van der Waals surface area contributed by atoms with Crippen LogP contribution in [-0.4, -0.2) is 13.7 Å². The predicted molar refractivity (Wildman–Crippen MR) is 244 cm³/mol. The Bertz CT molecular complexity index is 4080. The van der Waals surface area contributed by atoms with Crippen LogP contribution in [0, 0.1) is 0 Å². The van der Waals surface area contributed by atoms with E-state index in [2.05, 4.69) is 190 Å². The first-order valence-corrected chi connectivity index (χ1v) is 20.1. The third-order valence-corrected chi connectivity index (χ3v) is 12.6. The van der Waals surface area contributed by atoms with Crippen molar-refractivity contribution >= 4 is 109 Å². The maximum Gasteiger partial charge on any atom is 0.159 e. The highest BCUT2D eigenvalue weighted by atomic mass is 16.3. The molecule has 9 aromatic carbocycles. The van der Waals surface area contributed by atoms with Crippen molar-refractivity contribution in [3.63, 3.8) is 0 Å². The van der Waals surface area contributed by atoms with Gasteiger partial charge in [0.15, 0.2) is 5.58 Å². The molecule has 14 aromatic rings. The van der Waals surface area contributed by atoms with Crippen molar-refractivity contribution in [1.29, 1.82) is 0 Å². The lowest BCUT2D eigenvalue weighted by Crippen LogP contribution is -1.96. The SMILES string of the molecule is c1ccc(-n2c3ccccc3c3c4oc5c(ccc6c5c5ccccc5n6-c5ccc6c(c5)c5ccccc5n6-c5cccc6c5oc5ccccc56)c4ccc32)cc1. The first-order chi connectivity index (χ1) is 29.3. The van der Waals surface area contributed by atoms with Crippen molar-refractivity contribution in [2.24, 2.45) is 0 Å². The standard InChI is InChI=1S/C54H31N3O2/c1-2-13-32(14-3-1)55-43-21-9-5-17-39(43)50-46(55)29-26-37-38-27-30-47-51(54(38)59-53(37)50)40-18-6-10-22-44(40)56(47)33-25-28-45-41(31-33)34-15-4-8-20-42(34)57(45)48-23-12-19-36-35-16-7-11-24-49(35)58-52(36)48/h1-31H. The largest absolute Gasteiger partial charge is 0.455 e. The van der Waals surface area contributed by atoms with Gasteiger partial charge in [-0.15, -0.1) is 0 Å². The molecule has 0 bridgehead atoms. The Labute approximate surface area is 335 Å². The molecule has 0 aliphatic heterocycles.